The fourth-order valence-electron chi connectivity index (χ4n) is 1.89. The van der Waals surface area contributed by atoms with Gasteiger partial charge in [0.1, 0.15) is 17.1 Å². The molecule has 0 aliphatic carbocycles. The summed E-state index contributed by atoms with van der Waals surface area (Å²) in [5.74, 6) is 0.578. The first-order valence-corrected chi connectivity index (χ1v) is 5.56. The predicted octanol–water partition coefficient (Wildman–Crippen LogP) is 2.69. The molecule has 4 heteroatoms. The lowest BCUT2D eigenvalue weighted by molar-refractivity contribution is 0.474. The molecule has 2 aromatic carbocycles. The molecule has 93 valence electrons. The molecule has 0 atom stereocenters. The Bertz CT molecular complexity index is 763. The van der Waals surface area contributed by atoms with Crippen molar-refractivity contribution in [2.75, 3.05) is 0 Å². The topological polar surface area (TPSA) is 80.9 Å². The first-order chi connectivity index (χ1) is 8.74. The maximum absolute atomic E-state index is 11.9. The lowest BCUT2D eigenvalue weighted by Gasteiger charge is -2.03. The second-order valence-corrected chi connectivity index (χ2v) is 4.02. The third-order valence-corrected chi connectivity index (χ3v) is 2.77. The molecule has 1 aromatic heterocycles. The molecule has 0 aliphatic heterocycles. The summed E-state index contributed by atoms with van der Waals surface area (Å²) in [6.07, 6.45) is 0. The number of aromatic hydroxyl groups is 1. The third kappa shape index (κ3) is 2.34. The first kappa shape index (κ1) is 12.9. The van der Waals surface area contributed by atoms with Crippen LogP contribution < -0.4 is 11.6 Å². The maximum atomic E-state index is 11.9. The van der Waals surface area contributed by atoms with E-state index in [1.165, 1.54) is 18.2 Å². The van der Waals surface area contributed by atoms with E-state index in [4.69, 9.17) is 4.42 Å². The Balaban J connectivity index is 0.00000133. The van der Waals surface area contributed by atoms with Crippen LogP contribution in [0.4, 0.5) is 0 Å². The van der Waals surface area contributed by atoms with Crippen LogP contribution >= 0.6 is 0 Å². The summed E-state index contributed by atoms with van der Waals surface area (Å²) in [6, 6.07) is 15.3. The number of fused-ring (bicyclic) bond motifs is 1. The molecule has 0 spiro atoms. The van der Waals surface area contributed by atoms with Gasteiger partial charge in [0, 0.05) is 23.8 Å². The number of phenolic OH excluding ortho intramolecular Hbond substituents is 1. The Morgan fingerprint density at radius 1 is 0.947 bits per heavy atom. The van der Waals surface area contributed by atoms with E-state index >= 15 is 0 Å². The number of hydrogen-bond acceptors (Lipinski definition) is 3. The van der Waals surface area contributed by atoms with Gasteiger partial charge in [0.25, 0.3) is 0 Å². The summed E-state index contributed by atoms with van der Waals surface area (Å²) in [4.78, 5) is 11.9. The minimum atomic E-state index is -0.116. The van der Waals surface area contributed by atoms with Crippen LogP contribution in [0.2, 0.25) is 0 Å². The minimum Gasteiger partial charge on any atom is -0.508 e. The van der Waals surface area contributed by atoms with E-state index in [0.717, 1.165) is 5.56 Å². The zero-order chi connectivity index (χ0) is 12.5. The average Bonchev–Trinajstić information content (AvgIpc) is 2.39. The highest BCUT2D eigenvalue weighted by Crippen LogP contribution is 2.23. The molecular weight excluding hydrogens is 242 g/mol. The minimum absolute atomic E-state index is 0. The van der Waals surface area contributed by atoms with Crippen molar-refractivity contribution in [1.29, 1.82) is 0 Å². The van der Waals surface area contributed by atoms with Gasteiger partial charge in [-0.1, -0.05) is 30.3 Å². The third-order valence-electron chi connectivity index (χ3n) is 2.77. The molecule has 1 N–H and O–H groups in total. The molecule has 3 aromatic rings. The lowest BCUT2D eigenvalue weighted by atomic mass is 10.1. The van der Waals surface area contributed by atoms with Gasteiger partial charge in [-0.15, -0.1) is 0 Å². The van der Waals surface area contributed by atoms with E-state index in [0.29, 0.717) is 16.7 Å². The predicted molar refractivity (Wildman–Crippen MR) is 71.7 cm³/mol. The van der Waals surface area contributed by atoms with Crippen LogP contribution in [0.15, 0.2) is 63.8 Å². The van der Waals surface area contributed by atoms with Crippen molar-refractivity contribution in [1.82, 2.24) is 6.15 Å². The Morgan fingerprint density at radius 3 is 2.42 bits per heavy atom. The second-order valence-electron chi connectivity index (χ2n) is 4.02. The van der Waals surface area contributed by atoms with E-state index in [-0.39, 0.29) is 17.3 Å². The maximum Gasteiger partial charge on any atom is 0.193 e. The van der Waals surface area contributed by atoms with E-state index in [1.807, 2.05) is 30.3 Å². The number of phenols is 1. The van der Waals surface area contributed by atoms with Gasteiger partial charge in [-0.25, -0.2) is 0 Å². The van der Waals surface area contributed by atoms with E-state index in [9.17, 15) is 9.90 Å². The number of benzene rings is 2. The molecule has 3 radical (unpaired) electrons. The van der Waals surface area contributed by atoms with Crippen molar-refractivity contribution < 1.29 is 9.52 Å². The highest BCUT2D eigenvalue weighted by atomic mass is 16.3. The van der Waals surface area contributed by atoms with E-state index in [1.54, 1.807) is 6.07 Å². The number of nitrogens with zero attached hydrogens (tertiary/aromatic N) is 1. The van der Waals surface area contributed by atoms with Crippen LogP contribution in [0.25, 0.3) is 22.3 Å². The summed E-state index contributed by atoms with van der Waals surface area (Å²) in [5.41, 5.74) is 1.11. The van der Waals surface area contributed by atoms with E-state index < -0.39 is 0 Å². The van der Waals surface area contributed by atoms with Crippen molar-refractivity contribution >= 4 is 11.0 Å². The van der Waals surface area contributed by atoms with Crippen molar-refractivity contribution in [3.8, 4) is 17.1 Å². The van der Waals surface area contributed by atoms with Gasteiger partial charge in [0.05, 0.1) is 5.39 Å². The fraction of sp³-hybridized carbons (Fsp3) is 0. The molecule has 0 saturated heterocycles. The Kier molecular flexibility index (Phi) is 3.35. The van der Waals surface area contributed by atoms with Gasteiger partial charge in [-0.3, -0.25) is 4.79 Å². The second kappa shape index (κ2) is 4.96. The highest BCUT2D eigenvalue weighted by Gasteiger charge is 2.06. The molecule has 19 heavy (non-hydrogen) atoms. The molecule has 0 bridgehead atoms. The van der Waals surface area contributed by atoms with Crippen molar-refractivity contribution in [3.63, 3.8) is 0 Å². The average molecular weight is 252 g/mol. The molecule has 4 nitrogen and oxygen atoms in total. The van der Waals surface area contributed by atoms with Gasteiger partial charge in [-0.05, 0) is 12.1 Å². The van der Waals surface area contributed by atoms with Crippen LogP contribution in [0.3, 0.4) is 0 Å². The van der Waals surface area contributed by atoms with Gasteiger partial charge in [0.15, 0.2) is 5.43 Å². The summed E-state index contributed by atoms with van der Waals surface area (Å²) in [5, 5.41) is 9.89. The zero-order valence-corrected chi connectivity index (χ0v) is 9.91. The fourth-order valence-corrected chi connectivity index (χ4v) is 1.89. The summed E-state index contributed by atoms with van der Waals surface area (Å²) in [7, 11) is 0. The van der Waals surface area contributed by atoms with Crippen LogP contribution in [0.5, 0.6) is 5.75 Å². The van der Waals surface area contributed by atoms with Crippen LogP contribution in [0.1, 0.15) is 0 Å². The van der Waals surface area contributed by atoms with Crippen LogP contribution in [-0.4, -0.2) is 5.11 Å². The van der Waals surface area contributed by atoms with E-state index in [2.05, 4.69) is 0 Å². The molecule has 3 rings (SSSR count). The molecule has 0 amide bonds. The number of rotatable bonds is 1. The molecule has 0 fully saturated rings. The van der Waals surface area contributed by atoms with Gasteiger partial charge in [-0.2, -0.15) is 0 Å². The Labute approximate surface area is 109 Å². The largest absolute Gasteiger partial charge is 0.508 e. The molecule has 1 heterocycles. The highest BCUT2D eigenvalue weighted by molar-refractivity contribution is 5.79. The number of hydrogen-bond donors (Lipinski definition) is 1. The Morgan fingerprint density at radius 2 is 1.68 bits per heavy atom. The smallest absolute Gasteiger partial charge is 0.193 e. The lowest BCUT2D eigenvalue weighted by Crippen LogP contribution is -1.99. The normalized spacial score (nSPS) is 10.1. The summed E-state index contributed by atoms with van der Waals surface area (Å²) < 4.78 is 5.65. The van der Waals surface area contributed by atoms with Crippen LogP contribution in [0, 0.1) is 0 Å². The van der Waals surface area contributed by atoms with Gasteiger partial charge < -0.3 is 9.52 Å². The molecule has 0 unspecified atom stereocenters. The van der Waals surface area contributed by atoms with Crippen molar-refractivity contribution in [2.24, 2.45) is 0 Å². The Hall–Kier alpha value is -2.59. The molecular formula is C15H10NO3. The first-order valence-electron chi connectivity index (χ1n) is 5.56. The zero-order valence-electron chi connectivity index (χ0n) is 9.91. The van der Waals surface area contributed by atoms with Crippen LogP contribution in [-0.2, 0) is 0 Å². The van der Waals surface area contributed by atoms with Crippen molar-refractivity contribution in [3.05, 3.63) is 64.8 Å². The quantitative estimate of drug-likeness (QED) is 0.722. The van der Waals surface area contributed by atoms with Gasteiger partial charge in [0.2, 0.25) is 0 Å². The van der Waals surface area contributed by atoms with Crippen molar-refractivity contribution in [2.45, 2.75) is 0 Å². The molecule has 0 aliphatic rings. The summed E-state index contributed by atoms with van der Waals surface area (Å²) in [6.45, 7) is 0. The summed E-state index contributed by atoms with van der Waals surface area (Å²) >= 11 is 0. The SMILES string of the molecule is O=c1cc(-c2ccccc2)oc2cc(O)ccc12.[N]. The monoisotopic (exact) mass is 252 g/mol. The van der Waals surface area contributed by atoms with Gasteiger partial charge >= 0.3 is 0 Å². The molecule has 0 saturated carbocycles. The standard InChI is InChI=1S/C15H10O3.N/c16-11-6-7-12-13(17)9-14(18-15(12)8-11)10-4-2-1-3-5-10;/h1-9,16H;.